The van der Waals surface area contributed by atoms with Crippen LogP contribution in [0, 0.1) is 18.3 Å². The zero-order valence-corrected chi connectivity index (χ0v) is 23.9. The van der Waals surface area contributed by atoms with Gasteiger partial charge in [-0.3, -0.25) is 14.3 Å². The number of nitrogens with zero attached hydrogens (tertiary/aromatic N) is 6. The van der Waals surface area contributed by atoms with E-state index in [4.69, 9.17) is 11.6 Å². The molecule has 0 saturated heterocycles. The van der Waals surface area contributed by atoms with E-state index in [-0.39, 0.29) is 6.42 Å². The topological polar surface area (TPSA) is 131 Å². The summed E-state index contributed by atoms with van der Waals surface area (Å²) in [6, 6.07) is 21.1. The van der Waals surface area contributed by atoms with Gasteiger partial charge in [-0.15, -0.1) is 10.2 Å². The lowest BCUT2D eigenvalue weighted by molar-refractivity contribution is -0.118. The molecule has 2 aromatic heterocycles. The molecular formula is C31H27ClN8O2. The van der Waals surface area contributed by atoms with Crippen molar-refractivity contribution in [3.05, 3.63) is 107 Å². The Bertz CT molecular complexity index is 1820. The monoisotopic (exact) mass is 578 g/mol. The molecule has 2 heterocycles. The third kappa shape index (κ3) is 6.06. The van der Waals surface area contributed by atoms with Crippen LogP contribution in [-0.2, 0) is 25.3 Å². The van der Waals surface area contributed by atoms with Crippen molar-refractivity contribution in [3.63, 3.8) is 0 Å². The van der Waals surface area contributed by atoms with Gasteiger partial charge in [0.25, 0.3) is 5.91 Å². The van der Waals surface area contributed by atoms with E-state index < -0.39 is 17.9 Å². The number of hydrogen-bond acceptors (Lipinski definition) is 6. The number of nitrogens with one attached hydrogen (secondary N) is 2. The molecule has 1 unspecified atom stereocenters. The summed E-state index contributed by atoms with van der Waals surface area (Å²) in [4.78, 5) is 26.7. The predicted octanol–water partition coefficient (Wildman–Crippen LogP) is 4.70. The molecule has 0 aliphatic rings. The van der Waals surface area contributed by atoms with E-state index in [1.165, 1.54) is 10.9 Å². The van der Waals surface area contributed by atoms with Crippen LogP contribution in [0.1, 0.15) is 27.2 Å². The number of halogens is 1. The zero-order chi connectivity index (χ0) is 29.8. The highest BCUT2D eigenvalue weighted by atomic mass is 35.5. The normalized spacial score (nSPS) is 11.5. The number of rotatable bonds is 8. The van der Waals surface area contributed by atoms with Crippen LogP contribution in [0.15, 0.2) is 79.3 Å². The van der Waals surface area contributed by atoms with Crippen LogP contribution < -0.4 is 10.6 Å². The maximum absolute atomic E-state index is 13.6. The van der Waals surface area contributed by atoms with Crippen LogP contribution in [0.4, 0.5) is 5.69 Å². The molecule has 0 saturated carbocycles. The van der Waals surface area contributed by atoms with Gasteiger partial charge in [-0.05, 0) is 77.7 Å². The summed E-state index contributed by atoms with van der Waals surface area (Å²) in [5.41, 5.74) is 5.64. The van der Waals surface area contributed by atoms with Crippen molar-refractivity contribution >= 4 is 29.1 Å². The summed E-state index contributed by atoms with van der Waals surface area (Å²) in [6.07, 6.45) is 3.26. The van der Waals surface area contributed by atoms with Crippen LogP contribution in [0.25, 0.3) is 22.5 Å². The van der Waals surface area contributed by atoms with Crippen molar-refractivity contribution in [1.29, 1.82) is 5.26 Å². The Balaban J connectivity index is 1.42. The lowest BCUT2D eigenvalue weighted by Crippen LogP contribution is -2.45. The van der Waals surface area contributed by atoms with E-state index in [2.05, 4.69) is 32.0 Å². The second kappa shape index (κ2) is 12.1. The van der Waals surface area contributed by atoms with E-state index in [1.54, 1.807) is 48.3 Å². The first-order chi connectivity index (χ1) is 20.2. The summed E-state index contributed by atoms with van der Waals surface area (Å²) in [5, 5.41) is 27.6. The molecular weight excluding hydrogens is 552 g/mol. The summed E-state index contributed by atoms with van der Waals surface area (Å²) in [7, 11) is 3.51. The third-order valence-electron chi connectivity index (χ3n) is 6.95. The molecule has 11 heteroatoms. The maximum Gasteiger partial charge on any atom is 0.270 e. The highest BCUT2D eigenvalue weighted by Gasteiger charge is 2.25. The second-order valence-corrected chi connectivity index (χ2v) is 10.3. The van der Waals surface area contributed by atoms with Crippen molar-refractivity contribution in [2.45, 2.75) is 19.4 Å². The fourth-order valence-corrected chi connectivity index (χ4v) is 4.81. The zero-order valence-electron chi connectivity index (χ0n) is 23.2. The molecule has 3 aromatic carbocycles. The number of aryl methyl sites for hydroxylation is 3. The lowest BCUT2D eigenvalue weighted by Gasteiger charge is -2.20. The molecule has 10 nitrogen and oxygen atoms in total. The molecule has 2 amide bonds. The van der Waals surface area contributed by atoms with Crippen molar-refractivity contribution in [2.24, 2.45) is 14.1 Å². The van der Waals surface area contributed by atoms with E-state index in [9.17, 15) is 14.9 Å². The van der Waals surface area contributed by atoms with Gasteiger partial charge in [0.05, 0.1) is 11.6 Å². The van der Waals surface area contributed by atoms with Gasteiger partial charge in [0.15, 0.2) is 5.82 Å². The standard InChI is InChI=1S/C31H27ClN8O2/c1-19-14-21(4-5-23(19)17-33)22-8-11-26(32)24(15-22)16-27(37-31(42)28-12-13-35-40(28)3)30(41)36-25-9-6-20(7-10-25)29-38-34-18-39(29)2/h4-15,18,27H,16H2,1-3H3,(H,36,41)(H,37,42). The highest BCUT2D eigenvalue weighted by molar-refractivity contribution is 6.31. The SMILES string of the molecule is Cc1cc(-c2ccc(Cl)c(CC(NC(=O)c3ccnn3C)C(=O)Nc3ccc(-c4nncn4C)cc3)c2)ccc1C#N. The summed E-state index contributed by atoms with van der Waals surface area (Å²) >= 11 is 6.60. The lowest BCUT2D eigenvalue weighted by atomic mass is 9.96. The second-order valence-electron chi connectivity index (χ2n) is 9.85. The summed E-state index contributed by atoms with van der Waals surface area (Å²) < 4.78 is 3.24. The van der Waals surface area contributed by atoms with Crippen LogP contribution in [0.2, 0.25) is 5.02 Å². The van der Waals surface area contributed by atoms with Crippen molar-refractivity contribution in [3.8, 4) is 28.6 Å². The Morgan fingerprint density at radius 2 is 1.71 bits per heavy atom. The number of hydrogen-bond donors (Lipinski definition) is 2. The van der Waals surface area contributed by atoms with Gasteiger partial charge in [0.2, 0.25) is 5.91 Å². The number of nitriles is 1. The third-order valence-corrected chi connectivity index (χ3v) is 7.32. The summed E-state index contributed by atoms with van der Waals surface area (Å²) in [6.45, 7) is 1.88. The molecule has 0 spiro atoms. The van der Waals surface area contributed by atoms with Crippen molar-refractivity contribution in [2.75, 3.05) is 5.32 Å². The van der Waals surface area contributed by atoms with E-state index in [1.807, 2.05) is 50.4 Å². The molecule has 0 fully saturated rings. The van der Waals surface area contributed by atoms with Gasteiger partial charge in [-0.2, -0.15) is 10.4 Å². The minimum atomic E-state index is -0.957. The first-order valence-electron chi connectivity index (χ1n) is 13.1. The molecule has 0 bridgehead atoms. The number of carbonyl (C=O) groups excluding carboxylic acids is 2. The largest absolute Gasteiger partial charge is 0.339 e. The van der Waals surface area contributed by atoms with Gasteiger partial charge >= 0.3 is 0 Å². The average molecular weight is 579 g/mol. The molecule has 5 aromatic rings. The van der Waals surface area contributed by atoms with Crippen molar-refractivity contribution < 1.29 is 9.59 Å². The molecule has 0 aliphatic carbocycles. The molecule has 0 radical (unpaired) electrons. The Kier molecular flexibility index (Phi) is 8.13. The van der Waals surface area contributed by atoms with Crippen LogP contribution in [0.5, 0.6) is 0 Å². The van der Waals surface area contributed by atoms with E-state index in [0.717, 1.165) is 22.3 Å². The van der Waals surface area contributed by atoms with Crippen molar-refractivity contribution in [1.82, 2.24) is 29.9 Å². The predicted molar refractivity (Wildman–Crippen MR) is 160 cm³/mol. The van der Waals surface area contributed by atoms with Gasteiger partial charge in [-0.1, -0.05) is 29.8 Å². The van der Waals surface area contributed by atoms with Gasteiger partial charge < -0.3 is 15.2 Å². The number of anilines is 1. The first kappa shape index (κ1) is 28.3. The molecule has 210 valence electrons. The number of benzene rings is 3. The van der Waals surface area contributed by atoms with E-state index >= 15 is 0 Å². The minimum absolute atomic E-state index is 0.133. The van der Waals surface area contributed by atoms with Gasteiger partial charge in [-0.25, -0.2) is 0 Å². The van der Waals surface area contributed by atoms with Gasteiger partial charge in [0, 0.05) is 43.0 Å². The molecule has 2 N–H and O–H groups in total. The number of aromatic nitrogens is 5. The fraction of sp³-hybridized carbons (Fsp3) is 0.161. The molecule has 1 atom stereocenters. The van der Waals surface area contributed by atoms with E-state index in [0.29, 0.717) is 33.4 Å². The Morgan fingerprint density at radius 3 is 2.36 bits per heavy atom. The summed E-state index contributed by atoms with van der Waals surface area (Å²) in [5.74, 6) is -0.156. The number of amides is 2. The Morgan fingerprint density at radius 1 is 1.00 bits per heavy atom. The first-order valence-corrected chi connectivity index (χ1v) is 13.4. The minimum Gasteiger partial charge on any atom is -0.339 e. The van der Waals surface area contributed by atoms with Crippen LogP contribution in [-0.4, -0.2) is 42.4 Å². The van der Waals surface area contributed by atoms with Gasteiger partial charge in [0.1, 0.15) is 18.1 Å². The highest BCUT2D eigenvalue weighted by Crippen LogP contribution is 2.28. The molecule has 42 heavy (non-hydrogen) atoms. The molecule has 0 aliphatic heterocycles. The Labute approximate surface area is 247 Å². The number of carbonyl (C=O) groups is 2. The molecule has 5 rings (SSSR count). The fourth-order valence-electron chi connectivity index (χ4n) is 4.61. The van der Waals surface area contributed by atoms with Crippen LogP contribution >= 0.6 is 11.6 Å². The maximum atomic E-state index is 13.6. The average Bonchev–Trinajstić information content (AvgIpc) is 3.61. The quantitative estimate of drug-likeness (QED) is 0.274. The Hall–Kier alpha value is -5.27. The van der Waals surface area contributed by atoms with Crippen LogP contribution in [0.3, 0.4) is 0 Å². The smallest absolute Gasteiger partial charge is 0.270 e.